The Bertz CT molecular complexity index is 1240. The van der Waals surface area contributed by atoms with E-state index in [9.17, 15) is 4.79 Å². The van der Waals surface area contributed by atoms with Gasteiger partial charge in [-0.3, -0.25) is 9.36 Å². The molecule has 1 aromatic heterocycles. The number of rotatable bonds is 5. The number of halogens is 1. The molecular formula is C21H20ClN3O4S. The van der Waals surface area contributed by atoms with E-state index in [1.54, 1.807) is 38.0 Å². The molecule has 0 saturated carbocycles. The first kappa shape index (κ1) is 20.3. The van der Waals surface area contributed by atoms with E-state index >= 15 is 0 Å². The van der Waals surface area contributed by atoms with Crippen LogP contribution in [0, 0.1) is 0 Å². The smallest absolute Gasteiger partial charge is 0.271 e. The van der Waals surface area contributed by atoms with Crippen LogP contribution in [0.25, 0.3) is 6.08 Å². The lowest BCUT2D eigenvalue weighted by molar-refractivity contribution is 0.324. The molecule has 2 heterocycles. The largest absolute Gasteiger partial charge is 0.493 e. The normalized spacial score (nSPS) is 13.6. The Morgan fingerprint density at radius 2 is 1.83 bits per heavy atom. The molecule has 0 fully saturated rings. The highest BCUT2D eigenvalue weighted by atomic mass is 35.5. The minimum Gasteiger partial charge on any atom is -0.493 e. The van der Waals surface area contributed by atoms with E-state index in [1.165, 1.54) is 11.3 Å². The molecule has 4 rings (SSSR count). The van der Waals surface area contributed by atoms with Crippen molar-refractivity contribution >= 4 is 34.7 Å². The number of fused-ring (bicyclic) bond motifs is 1. The topological polar surface area (TPSA) is 65.3 Å². The molecule has 0 bridgehead atoms. The van der Waals surface area contributed by atoms with E-state index in [4.69, 9.17) is 25.8 Å². The zero-order valence-electron chi connectivity index (χ0n) is 16.7. The predicted octanol–water partition coefficient (Wildman–Crippen LogP) is 2.47. The van der Waals surface area contributed by atoms with E-state index in [2.05, 4.69) is 4.99 Å². The molecule has 3 aromatic rings. The third kappa shape index (κ3) is 3.76. The molecule has 0 atom stereocenters. The van der Waals surface area contributed by atoms with Gasteiger partial charge in [-0.15, -0.1) is 0 Å². The molecule has 9 heteroatoms. The predicted molar refractivity (Wildman–Crippen MR) is 118 cm³/mol. The van der Waals surface area contributed by atoms with Gasteiger partial charge in [0.05, 0.1) is 25.9 Å². The standard InChI is InChI=1S/C21H20ClN3O4S/c1-27-16-7-13(8-17(28-2)19(16)29-3)9-18-20(26)25-12-24(11-23-21(25)30-18)15-6-4-5-14(22)10-15/h4-10H,11-12H2,1-3H3/b18-9-. The summed E-state index contributed by atoms with van der Waals surface area (Å²) >= 11 is 7.46. The van der Waals surface area contributed by atoms with Crippen molar-refractivity contribution in [3.05, 3.63) is 66.7 Å². The Morgan fingerprint density at radius 1 is 1.10 bits per heavy atom. The first-order valence-electron chi connectivity index (χ1n) is 9.10. The van der Waals surface area contributed by atoms with Crippen molar-refractivity contribution in [2.75, 3.05) is 32.9 Å². The van der Waals surface area contributed by atoms with Gasteiger partial charge < -0.3 is 19.1 Å². The minimum atomic E-state index is -0.0979. The number of hydrogen-bond donors (Lipinski definition) is 0. The van der Waals surface area contributed by atoms with Crippen LogP contribution >= 0.6 is 22.9 Å². The van der Waals surface area contributed by atoms with Crippen LogP contribution in [0.2, 0.25) is 5.02 Å². The second-order valence-corrected chi connectivity index (χ2v) is 7.99. The maximum absolute atomic E-state index is 13.0. The molecule has 1 aliphatic heterocycles. The third-order valence-corrected chi connectivity index (χ3v) is 6.01. The fourth-order valence-corrected chi connectivity index (χ4v) is 4.43. The molecule has 0 amide bonds. The number of nitrogens with zero attached hydrogens (tertiary/aromatic N) is 3. The van der Waals surface area contributed by atoms with Crippen molar-refractivity contribution in [1.29, 1.82) is 0 Å². The SMILES string of the molecule is COc1cc(/C=c2\sc3n(c2=O)CN(c2cccc(Cl)c2)CN=3)cc(OC)c1OC. The number of aromatic nitrogens is 1. The van der Waals surface area contributed by atoms with Gasteiger partial charge in [-0.25, -0.2) is 4.99 Å². The third-order valence-electron chi connectivity index (χ3n) is 4.74. The van der Waals surface area contributed by atoms with Gasteiger partial charge in [0.1, 0.15) is 13.3 Å². The molecule has 0 unspecified atom stereocenters. The highest BCUT2D eigenvalue weighted by molar-refractivity contribution is 7.07. The van der Waals surface area contributed by atoms with Crippen LogP contribution in [0.4, 0.5) is 5.69 Å². The van der Waals surface area contributed by atoms with Gasteiger partial charge in [0.25, 0.3) is 5.56 Å². The minimum absolute atomic E-state index is 0.0979. The quantitative estimate of drug-likeness (QED) is 0.603. The van der Waals surface area contributed by atoms with Gasteiger partial charge in [-0.05, 0) is 42.0 Å². The Hall–Kier alpha value is -2.97. The van der Waals surface area contributed by atoms with Crippen molar-refractivity contribution in [3.8, 4) is 17.2 Å². The summed E-state index contributed by atoms with van der Waals surface area (Å²) in [6, 6.07) is 11.1. The first-order chi connectivity index (χ1) is 14.5. The van der Waals surface area contributed by atoms with Crippen molar-refractivity contribution in [1.82, 2.24) is 4.57 Å². The zero-order valence-corrected chi connectivity index (χ0v) is 18.3. The molecule has 1 aliphatic rings. The van der Waals surface area contributed by atoms with E-state index in [0.29, 0.717) is 44.9 Å². The van der Waals surface area contributed by atoms with E-state index in [0.717, 1.165) is 11.3 Å². The monoisotopic (exact) mass is 445 g/mol. The second kappa shape index (κ2) is 8.41. The number of anilines is 1. The summed E-state index contributed by atoms with van der Waals surface area (Å²) in [6.45, 7) is 0.877. The first-order valence-corrected chi connectivity index (χ1v) is 10.3. The molecule has 7 nitrogen and oxygen atoms in total. The van der Waals surface area contributed by atoms with Crippen molar-refractivity contribution in [3.63, 3.8) is 0 Å². The highest BCUT2D eigenvalue weighted by Gasteiger charge is 2.17. The van der Waals surface area contributed by atoms with E-state index < -0.39 is 0 Å². The van der Waals surface area contributed by atoms with Gasteiger partial charge in [0.15, 0.2) is 16.3 Å². The Kier molecular flexibility index (Phi) is 5.69. The fourth-order valence-electron chi connectivity index (χ4n) is 3.28. The summed E-state index contributed by atoms with van der Waals surface area (Å²) in [5.41, 5.74) is 1.59. The summed E-state index contributed by atoms with van der Waals surface area (Å²) in [5, 5.41) is 0.646. The molecule has 0 aliphatic carbocycles. The summed E-state index contributed by atoms with van der Waals surface area (Å²) in [7, 11) is 4.67. The summed E-state index contributed by atoms with van der Waals surface area (Å²) in [5.74, 6) is 1.56. The number of thiazole rings is 1. The Labute approximate surface area is 182 Å². The Morgan fingerprint density at radius 3 is 2.47 bits per heavy atom. The van der Waals surface area contributed by atoms with Crippen LogP contribution in [-0.4, -0.2) is 32.6 Å². The van der Waals surface area contributed by atoms with Gasteiger partial charge >= 0.3 is 0 Å². The molecular weight excluding hydrogens is 426 g/mol. The number of ether oxygens (including phenoxy) is 3. The average molecular weight is 446 g/mol. The molecule has 0 N–H and O–H groups in total. The van der Waals surface area contributed by atoms with Gasteiger partial charge in [0.2, 0.25) is 5.75 Å². The number of hydrogen-bond acceptors (Lipinski definition) is 7. The Balaban J connectivity index is 1.74. The molecule has 30 heavy (non-hydrogen) atoms. The number of benzene rings is 2. The van der Waals surface area contributed by atoms with Gasteiger partial charge in [-0.1, -0.05) is 29.0 Å². The molecule has 156 valence electrons. The second-order valence-electron chi connectivity index (χ2n) is 6.55. The molecule has 0 saturated heterocycles. The zero-order chi connectivity index (χ0) is 21.3. The van der Waals surface area contributed by atoms with Crippen LogP contribution in [0.15, 0.2) is 46.2 Å². The summed E-state index contributed by atoms with van der Waals surface area (Å²) < 4.78 is 18.4. The van der Waals surface area contributed by atoms with Crippen LogP contribution in [0.1, 0.15) is 5.56 Å². The van der Waals surface area contributed by atoms with Gasteiger partial charge in [0, 0.05) is 10.7 Å². The maximum atomic E-state index is 13.0. The van der Waals surface area contributed by atoms with E-state index in [1.807, 2.05) is 35.2 Å². The fraction of sp³-hybridized carbons (Fsp3) is 0.238. The van der Waals surface area contributed by atoms with Crippen molar-refractivity contribution in [2.45, 2.75) is 6.67 Å². The average Bonchev–Trinajstić information content (AvgIpc) is 3.07. The summed E-state index contributed by atoms with van der Waals surface area (Å²) in [6.07, 6.45) is 1.81. The lowest BCUT2D eigenvalue weighted by Gasteiger charge is -2.25. The van der Waals surface area contributed by atoms with Crippen LogP contribution in [0.3, 0.4) is 0 Å². The van der Waals surface area contributed by atoms with Crippen molar-refractivity contribution in [2.24, 2.45) is 4.99 Å². The molecule has 0 radical (unpaired) electrons. The van der Waals surface area contributed by atoms with Crippen LogP contribution < -0.4 is 34.0 Å². The number of methoxy groups -OCH3 is 3. The molecule has 2 aromatic carbocycles. The maximum Gasteiger partial charge on any atom is 0.271 e. The van der Waals surface area contributed by atoms with E-state index in [-0.39, 0.29) is 5.56 Å². The lowest BCUT2D eigenvalue weighted by Crippen LogP contribution is -2.42. The van der Waals surface area contributed by atoms with Gasteiger partial charge in [-0.2, -0.15) is 0 Å². The van der Waals surface area contributed by atoms with Crippen molar-refractivity contribution < 1.29 is 14.2 Å². The van der Waals surface area contributed by atoms with Crippen LogP contribution in [-0.2, 0) is 6.67 Å². The summed E-state index contributed by atoms with van der Waals surface area (Å²) in [4.78, 5) is 20.3. The van der Waals surface area contributed by atoms with Crippen LogP contribution in [0.5, 0.6) is 17.2 Å². The molecule has 0 spiro atoms. The highest BCUT2D eigenvalue weighted by Crippen LogP contribution is 2.38. The lowest BCUT2D eigenvalue weighted by atomic mass is 10.1.